The van der Waals surface area contributed by atoms with Crippen molar-refractivity contribution in [3.8, 4) is 0 Å². The summed E-state index contributed by atoms with van der Waals surface area (Å²) in [5.41, 5.74) is 1.02. The van der Waals surface area contributed by atoms with Crippen molar-refractivity contribution >= 4 is 5.97 Å². The van der Waals surface area contributed by atoms with Gasteiger partial charge in [0, 0.05) is 6.04 Å². The topological polar surface area (TPSA) is 55.1 Å². The minimum absolute atomic E-state index is 0.257. The Hall–Kier alpha value is -1.32. The summed E-state index contributed by atoms with van der Waals surface area (Å²) in [5, 5.41) is 12.8. The Morgan fingerprint density at radius 3 is 2.77 bits per heavy atom. The molecule has 0 aliphatic heterocycles. The number of rotatable bonds is 3. The predicted molar refractivity (Wildman–Crippen MR) is 48.9 cm³/mol. The summed E-state index contributed by atoms with van der Waals surface area (Å²) in [7, 11) is 0. The molecule has 0 saturated heterocycles. The molecule has 0 amide bonds. The third-order valence-corrected chi connectivity index (χ3v) is 2.28. The van der Waals surface area contributed by atoms with Crippen molar-refractivity contribution in [2.75, 3.05) is 0 Å². The largest absolute Gasteiger partial charge is 0.478 e. The van der Waals surface area contributed by atoms with Crippen molar-refractivity contribution in [3.05, 3.63) is 17.5 Å². The minimum Gasteiger partial charge on any atom is -0.478 e. The second kappa shape index (κ2) is 3.60. The van der Waals surface area contributed by atoms with Crippen LogP contribution >= 0.6 is 0 Å². The lowest BCUT2D eigenvalue weighted by atomic mass is 10.2. The first-order valence-electron chi connectivity index (χ1n) is 4.35. The Bertz CT molecular complexity index is 317. The molecule has 1 heterocycles. The fourth-order valence-electron chi connectivity index (χ4n) is 1.25. The van der Waals surface area contributed by atoms with Crippen molar-refractivity contribution in [1.82, 2.24) is 9.78 Å². The zero-order chi connectivity index (χ0) is 10.0. The van der Waals surface area contributed by atoms with Gasteiger partial charge in [0.15, 0.2) is 0 Å². The lowest BCUT2D eigenvalue weighted by Gasteiger charge is -2.11. The van der Waals surface area contributed by atoms with E-state index in [2.05, 4.69) is 5.10 Å². The molecule has 4 nitrogen and oxygen atoms in total. The van der Waals surface area contributed by atoms with E-state index >= 15 is 0 Å². The van der Waals surface area contributed by atoms with Gasteiger partial charge >= 0.3 is 5.97 Å². The van der Waals surface area contributed by atoms with Gasteiger partial charge in [-0.15, -0.1) is 0 Å². The Balaban J connectivity index is 3.06. The molecule has 0 bridgehead atoms. The Morgan fingerprint density at radius 1 is 1.77 bits per heavy atom. The minimum atomic E-state index is -0.910. The highest BCUT2D eigenvalue weighted by atomic mass is 16.4. The maximum Gasteiger partial charge on any atom is 0.339 e. The van der Waals surface area contributed by atoms with Crippen LogP contribution < -0.4 is 0 Å². The number of carboxylic acids is 1. The van der Waals surface area contributed by atoms with Crippen LogP contribution in [0.15, 0.2) is 6.20 Å². The summed E-state index contributed by atoms with van der Waals surface area (Å²) in [6.07, 6.45) is 2.35. The number of hydrogen-bond donors (Lipinski definition) is 1. The van der Waals surface area contributed by atoms with Crippen molar-refractivity contribution in [2.24, 2.45) is 0 Å². The Morgan fingerprint density at radius 2 is 2.38 bits per heavy atom. The van der Waals surface area contributed by atoms with Crippen LogP contribution in [-0.2, 0) is 0 Å². The summed E-state index contributed by atoms with van der Waals surface area (Å²) in [5.74, 6) is -0.910. The maximum atomic E-state index is 10.7. The van der Waals surface area contributed by atoms with Gasteiger partial charge in [0.2, 0.25) is 0 Å². The average molecular weight is 182 g/mol. The Labute approximate surface area is 77.2 Å². The van der Waals surface area contributed by atoms with Crippen molar-refractivity contribution in [3.63, 3.8) is 0 Å². The van der Waals surface area contributed by atoms with Crippen molar-refractivity contribution in [2.45, 2.75) is 33.2 Å². The first-order chi connectivity index (χ1) is 6.07. The highest BCUT2D eigenvalue weighted by molar-refractivity contribution is 5.88. The predicted octanol–water partition coefficient (Wildman–Crippen LogP) is 1.86. The molecular weight excluding hydrogens is 168 g/mol. The Kier molecular flexibility index (Phi) is 2.70. The van der Waals surface area contributed by atoms with Gasteiger partial charge in [-0.25, -0.2) is 4.79 Å². The molecular formula is C9H14N2O2. The molecule has 1 N–H and O–H groups in total. The zero-order valence-corrected chi connectivity index (χ0v) is 8.11. The van der Waals surface area contributed by atoms with E-state index in [0.717, 1.165) is 12.1 Å². The van der Waals surface area contributed by atoms with Gasteiger partial charge in [0.25, 0.3) is 0 Å². The van der Waals surface area contributed by atoms with Crippen LogP contribution in [0.1, 0.15) is 42.4 Å². The molecule has 0 unspecified atom stereocenters. The molecule has 1 atom stereocenters. The molecule has 0 radical (unpaired) electrons. The van der Waals surface area contributed by atoms with Gasteiger partial charge in [-0.05, 0) is 20.3 Å². The summed E-state index contributed by atoms with van der Waals surface area (Å²) in [4.78, 5) is 10.7. The molecule has 72 valence electrons. The van der Waals surface area contributed by atoms with Crippen LogP contribution in [-0.4, -0.2) is 20.9 Å². The molecule has 4 heteroatoms. The summed E-state index contributed by atoms with van der Waals surface area (Å²) < 4.78 is 1.75. The van der Waals surface area contributed by atoms with E-state index in [1.807, 2.05) is 13.8 Å². The van der Waals surface area contributed by atoms with Crippen LogP contribution in [0.25, 0.3) is 0 Å². The van der Waals surface area contributed by atoms with Crippen LogP contribution in [0.5, 0.6) is 0 Å². The molecule has 1 aromatic rings. The lowest BCUT2D eigenvalue weighted by molar-refractivity contribution is 0.0696. The fraction of sp³-hybridized carbons (Fsp3) is 0.556. The number of aromatic nitrogens is 2. The molecule has 0 fully saturated rings. The number of carbonyl (C=O) groups is 1. The van der Waals surface area contributed by atoms with Gasteiger partial charge < -0.3 is 5.11 Å². The third-order valence-electron chi connectivity index (χ3n) is 2.28. The standard InChI is InChI=1S/C9H14N2O2/c1-4-6(2)11-7(3)8(5-10-11)9(12)13/h5-6H,4H2,1-3H3,(H,12,13)/t6-/m0/s1. The maximum absolute atomic E-state index is 10.7. The second-order valence-corrected chi connectivity index (χ2v) is 3.15. The average Bonchev–Trinajstić information content (AvgIpc) is 2.46. The molecule has 0 aliphatic rings. The smallest absolute Gasteiger partial charge is 0.339 e. The molecule has 13 heavy (non-hydrogen) atoms. The highest BCUT2D eigenvalue weighted by Gasteiger charge is 2.14. The quantitative estimate of drug-likeness (QED) is 0.776. The van der Waals surface area contributed by atoms with Gasteiger partial charge in [-0.1, -0.05) is 6.92 Å². The molecule has 1 aromatic heterocycles. The zero-order valence-electron chi connectivity index (χ0n) is 8.11. The fourth-order valence-corrected chi connectivity index (χ4v) is 1.25. The number of hydrogen-bond acceptors (Lipinski definition) is 2. The van der Waals surface area contributed by atoms with Gasteiger partial charge in [0.05, 0.1) is 11.9 Å². The van der Waals surface area contributed by atoms with E-state index in [1.165, 1.54) is 6.20 Å². The van der Waals surface area contributed by atoms with E-state index in [-0.39, 0.29) is 6.04 Å². The van der Waals surface area contributed by atoms with Gasteiger partial charge in [0.1, 0.15) is 5.56 Å². The van der Waals surface area contributed by atoms with E-state index in [4.69, 9.17) is 5.11 Å². The van der Waals surface area contributed by atoms with Crippen molar-refractivity contribution in [1.29, 1.82) is 0 Å². The molecule has 0 spiro atoms. The second-order valence-electron chi connectivity index (χ2n) is 3.15. The van der Waals surface area contributed by atoms with Crippen LogP contribution in [0.4, 0.5) is 0 Å². The molecule has 0 aromatic carbocycles. The normalized spacial score (nSPS) is 12.8. The summed E-state index contributed by atoms with van der Waals surface area (Å²) in [6, 6.07) is 0.257. The van der Waals surface area contributed by atoms with E-state index in [9.17, 15) is 4.79 Å². The van der Waals surface area contributed by atoms with E-state index in [1.54, 1.807) is 11.6 Å². The van der Waals surface area contributed by atoms with Gasteiger partial charge in [-0.2, -0.15) is 5.10 Å². The summed E-state index contributed by atoms with van der Waals surface area (Å²) >= 11 is 0. The van der Waals surface area contributed by atoms with Crippen molar-refractivity contribution < 1.29 is 9.90 Å². The molecule has 1 rings (SSSR count). The van der Waals surface area contributed by atoms with Crippen LogP contribution in [0, 0.1) is 6.92 Å². The monoisotopic (exact) mass is 182 g/mol. The first-order valence-corrected chi connectivity index (χ1v) is 4.35. The SMILES string of the molecule is CC[C@H](C)n1ncc(C(=O)O)c1C. The van der Waals surface area contributed by atoms with Crippen LogP contribution in [0.2, 0.25) is 0 Å². The lowest BCUT2D eigenvalue weighted by Crippen LogP contribution is -2.08. The first kappa shape index (κ1) is 9.77. The molecule has 0 saturated carbocycles. The van der Waals surface area contributed by atoms with Crippen LogP contribution in [0.3, 0.4) is 0 Å². The summed E-state index contributed by atoms with van der Waals surface area (Å²) in [6.45, 7) is 5.85. The third kappa shape index (κ3) is 1.71. The highest BCUT2D eigenvalue weighted by Crippen LogP contribution is 2.15. The van der Waals surface area contributed by atoms with Gasteiger partial charge in [-0.3, -0.25) is 4.68 Å². The van der Waals surface area contributed by atoms with E-state index < -0.39 is 5.97 Å². The number of carboxylic acid groups (broad SMARTS) is 1. The number of aromatic carboxylic acids is 1. The van der Waals surface area contributed by atoms with E-state index in [0.29, 0.717) is 5.56 Å². The molecule has 0 aliphatic carbocycles. The number of nitrogens with zero attached hydrogens (tertiary/aromatic N) is 2.